The summed E-state index contributed by atoms with van der Waals surface area (Å²) < 4.78 is 1.89. The summed E-state index contributed by atoms with van der Waals surface area (Å²) in [5.74, 6) is 2.49. The summed E-state index contributed by atoms with van der Waals surface area (Å²) >= 11 is 1.75. The highest BCUT2D eigenvalue weighted by molar-refractivity contribution is 7.99. The van der Waals surface area contributed by atoms with Crippen molar-refractivity contribution in [1.82, 2.24) is 25.5 Å². The molecule has 1 rings (SSSR count). The van der Waals surface area contributed by atoms with Crippen molar-refractivity contribution < 1.29 is 0 Å². The number of tetrazole rings is 1. The Morgan fingerprint density at radius 1 is 1.22 bits per heavy atom. The number of aromatic nitrogens is 4. The van der Waals surface area contributed by atoms with Gasteiger partial charge in [0.2, 0.25) is 5.16 Å². The summed E-state index contributed by atoms with van der Waals surface area (Å²) in [6.07, 6.45) is 1.20. The molecule has 1 N–H and O–H groups in total. The molecule has 1 heterocycles. The quantitative estimate of drug-likeness (QED) is 0.550. The van der Waals surface area contributed by atoms with Gasteiger partial charge in [0.1, 0.15) is 0 Å². The SMILES string of the molecule is CC(C)CCSc1nnnn1CCNCC(C)C. The number of hydrogen-bond donors (Lipinski definition) is 1. The van der Waals surface area contributed by atoms with Crippen molar-refractivity contribution in [2.45, 2.75) is 45.8 Å². The minimum Gasteiger partial charge on any atom is -0.315 e. The lowest BCUT2D eigenvalue weighted by molar-refractivity contribution is 0.482. The minimum absolute atomic E-state index is 0.679. The molecule has 0 fully saturated rings. The zero-order valence-electron chi connectivity index (χ0n) is 11.9. The van der Waals surface area contributed by atoms with Crippen LogP contribution in [0.15, 0.2) is 5.16 Å². The Morgan fingerprint density at radius 2 is 2.00 bits per heavy atom. The summed E-state index contributed by atoms with van der Waals surface area (Å²) in [6.45, 7) is 11.7. The van der Waals surface area contributed by atoms with Gasteiger partial charge in [-0.1, -0.05) is 39.5 Å². The van der Waals surface area contributed by atoms with Crippen LogP contribution < -0.4 is 5.32 Å². The van der Waals surface area contributed by atoms with Crippen LogP contribution in [-0.4, -0.2) is 39.0 Å². The summed E-state index contributed by atoms with van der Waals surface area (Å²) in [5, 5.41) is 16.2. The molecule has 1 aromatic rings. The second kappa shape index (κ2) is 8.48. The summed E-state index contributed by atoms with van der Waals surface area (Å²) in [4.78, 5) is 0. The third-order valence-corrected chi connectivity index (χ3v) is 3.47. The molecule has 0 aliphatic carbocycles. The van der Waals surface area contributed by atoms with Crippen LogP contribution in [0.1, 0.15) is 34.1 Å². The Balaban J connectivity index is 2.26. The minimum atomic E-state index is 0.679. The molecule has 0 radical (unpaired) electrons. The summed E-state index contributed by atoms with van der Waals surface area (Å²) in [7, 11) is 0. The molecule has 0 amide bonds. The van der Waals surface area contributed by atoms with Gasteiger partial charge >= 0.3 is 0 Å². The second-order valence-corrected chi connectivity index (χ2v) is 6.38. The predicted octanol–water partition coefficient (Wildman–Crippen LogP) is 2.06. The Bertz CT molecular complexity index is 324. The van der Waals surface area contributed by atoms with Gasteiger partial charge in [0, 0.05) is 12.3 Å². The zero-order chi connectivity index (χ0) is 13.4. The summed E-state index contributed by atoms with van der Waals surface area (Å²) in [5.41, 5.74) is 0. The highest BCUT2D eigenvalue weighted by atomic mass is 32.2. The van der Waals surface area contributed by atoms with E-state index in [9.17, 15) is 0 Å². The Morgan fingerprint density at radius 3 is 2.67 bits per heavy atom. The molecule has 0 bridgehead atoms. The third-order valence-electron chi connectivity index (χ3n) is 2.48. The molecule has 5 nitrogen and oxygen atoms in total. The number of hydrogen-bond acceptors (Lipinski definition) is 5. The van der Waals surface area contributed by atoms with Gasteiger partial charge in [0.15, 0.2) is 0 Å². The smallest absolute Gasteiger partial charge is 0.209 e. The van der Waals surface area contributed by atoms with Crippen molar-refractivity contribution in [3.8, 4) is 0 Å². The Kier molecular flexibility index (Phi) is 7.27. The maximum atomic E-state index is 4.06. The van der Waals surface area contributed by atoms with Gasteiger partial charge < -0.3 is 5.32 Å². The fraction of sp³-hybridized carbons (Fsp3) is 0.917. The molecule has 104 valence electrons. The fourth-order valence-electron chi connectivity index (χ4n) is 1.40. The van der Waals surface area contributed by atoms with E-state index in [2.05, 4.69) is 48.5 Å². The van der Waals surface area contributed by atoms with Crippen LogP contribution >= 0.6 is 11.8 Å². The Labute approximate surface area is 114 Å². The predicted molar refractivity (Wildman–Crippen MR) is 75.7 cm³/mol. The van der Waals surface area contributed by atoms with Crippen molar-refractivity contribution in [3.05, 3.63) is 0 Å². The number of nitrogens with one attached hydrogen (secondary N) is 1. The van der Waals surface area contributed by atoms with Crippen LogP contribution in [-0.2, 0) is 6.54 Å². The van der Waals surface area contributed by atoms with Crippen LogP contribution in [0.5, 0.6) is 0 Å². The lowest BCUT2D eigenvalue weighted by atomic mass is 10.2. The first kappa shape index (κ1) is 15.4. The first-order valence-electron chi connectivity index (χ1n) is 6.69. The molecular formula is C12H25N5S. The zero-order valence-corrected chi connectivity index (χ0v) is 12.7. The number of nitrogens with zero attached hydrogens (tertiary/aromatic N) is 4. The van der Waals surface area contributed by atoms with Gasteiger partial charge in [-0.15, -0.1) is 5.10 Å². The average molecular weight is 271 g/mol. The van der Waals surface area contributed by atoms with Crippen molar-refractivity contribution in [1.29, 1.82) is 0 Å². The van der Waals surface area contributed by atoms with Gasteiger partial charge in [-0.25, -0.2) is 4.68 Å². The van der Waals surface area contributed by atoms with Crippen LogP contribution in [0.4, 0.5) is 0 Å². The van der Waals surface area contributed by atoms with Crippen molar-refractivity contribution in [2.75, 3.05) is 18.8 Å². The normalized spacial score (nSPS) is 11.7. The maximum Gasteiger partial charge on any atom is 0.209 e. The van der Waals surface area contributed by atoms with Crippen molar-refractivity contribution >= 4 is 11.8 Å². The largest absolute Gasteiger partial charge is 0.315 e. The maximum absolute atomic E-state index is 4.06. The monoisotopic (exact) mass is 271 g/mol. The van der Waals surface area contributed by atoms with Gasteiger partial charge in [0.25, 0.3) is 0 Å². The van der Waals surface area contributed by atoms with E-state index in [1.807, 2.05) is 4.68 Å². The van der Waals surface area contributed by atoms with Crippen molar-refractivity contribution in [2.24, 2.45) is 11.8 Å². The second-order valence-electron chi connectivity index (χ2n) is 5.31. The highest BCUT2D eigenvalue weighted by Crippen LogP contribution is 2.16. The molecule has 0 saturated carbocycles. The van der Waals surface area contributed by atoms with Crippen LogP contribution in [0.2, 0.25) is 0 Å². The van der Waals surface area contributed by atoms with E-state index in [-0.39, 0.29) is 0 Å². The first-order chi connectivity index (χ1) is 8.59. The van der Waals surface area contributed by atoms with E-state index in [1.165, 1.54) is 6.42 Å². The van der Waals surface area contributed by atoms with E-state index in [4.69, 9.17) is 0 Å². The molecule has 0 atom stereocenters. The van der Waals surface area contributed by atoms with E-state index >= 15 is 0 Å². The average Bonchev–Trinajstić information content (AvgIpc) is 2.71. The molecule has 0 aromatic carbocycles. The molecule has 6 heteroatoms. The van der Waals surface area contributed by atoms with E-state index < -0.39 is 0 Å². The first-order valence-corrected chi connectivity index (χ1v) is 7.67. The molecule has 0 aliphatic heterocycles. The molecular weight excluding hydrogens is 246 g/mol. The lowest BCUT2D eigenvalue weighted by Gasteiger charge is -2.08. The summed E-state index contributed by atoms with van der Waals surface area (Å²) in [6, 6.07) is 0. The van der Waals surface area contributed by atoms with Crippen LogP contribution in [0.25, 0.3) is 0 Å². The van der Waals surface area contributed by atoms with E-state index in [0.717, 1.165) is 36.5 Å². The topological polar surface area (TPSA) is 55.6 Å². The highest BCUT2D eigenvalue weighted by Gasteiger charge is 2.06. The number of thioether (sulfide) groups is 1. The molecule has 1 aromatic heterocycles. The van der Waals surface area contributed by atoms with Crippen LogP contribution in [0, 0.1) is 11.8 Å². The molecule has 0 aliphatic rings. The molecule has 0 spiro atoms. The third kappa shape index (κ3) is 6.35. The van der Waals surface area contributed by atoms with Gasteiger partial charge in [-0.3, -0.25) is 0 Å². The van der Waals surface area contributed by atoms with E-state index in [0.29, 0.717) is 5.92 Å². The molecule has 0 saturated heterocycles. The standard InChI is InChI=1S/C12H25N5S/c1-10(2)5-8-18-12-14-15-16-17(12)7-6-13-9-11(3)4/h10-11,13H,5-9H2,1-4H3. The van der Waals surface area contributed by atoms with Gasteiger partial charge in [0.05, 0.1) is 6.54 Å². The molecule has 18 heavy (non-hydrogen) atoms. The van der Waals surface area contributed by atoms with Crippen molar-refractivity contribution in [3.63, 3.8) is 0 Å². The van der Waals surface area contributed by atoms with Crippen LogP contribution in [0.3, 0.4) is 0 Å². The van der Waals surface area contributed by atoms with Gasteiger partial charge in [-0.05, 0) is 35.2 Å². The van der Waals surface area contributed by atoms with E-state index in [1.54, 1.807) is 11.8 Å². The van der Waals surface area contributed by atoms with Gasteiger partial charge in [-0.2, -0.15) is 0 Å². The fourth-order valence-corrected chi connectivity index (χ4v) is 2.54. The Hall–Kier alpha value is -0.620. The molecule has 0 unspecified atom stereocenters. The number of rotatable bonds is 9. The lowest BCUT2D eigenvalue weighted by Crippen LogP contribution is -2.24.